The van der Waals surface area contributed by atoms with Crippen LogP contribution in [0.3, 0.4) is 0 Å². The molecule has 0 amide bonds. The topological polar surface area (TPSA) is 61.8 Å². The fourth-order valence-corrected chi connectivity index (χ4v) is 4.23. The number of nitrogens with zero attached hydrogens (tertiary/aromatic N) is 3. The Morgan fingerprint density at radius 1 is 1.28 bits per heavy atom. The van der Waals surface area contributed by atoms with Crippen LogP contribution in [-0.4, -0.2) is 62.3 Å². The predicted molar refractivity (Wildman–Crippen MR) is 132 cm³/mol. The first-order chi connectivity index (χ1) is 13.7. The van der Waals surface area contributed by atoms with Gasteiger partial charge in [0, 0.05) is 50.7 Å². The normalized spacial score (nSPS) is 16.2. The van der Waals surface area contributed by atoms with Crippen molar-refractivity contribution < 1.29 is 4.74 Å². The maximum absolute atomic E-state index is 5.55. The average Bonchev–Trinajstić information content (AvgIpc) is 3.13. The number of aliphatic imine (C=N–C) groups is 1. The van der Waals surface area contributed by atoms with Gasteiger partial charge in [-0.2, -0.15) is 0 Å². The second kappa shape index (κ2) is 12.5. The fraction of sp³-hybridized carbons (Fsp3) is 0.524. The van der Waals surface area contributed by atoms with E-state index in [2.05, 4.69) is 63.6 Å². The van der Waals surface area contributed by atoms with Crippen molar-refractivity contribution in [2.45, 2.75) is 26.3 Å². The van der Waals surface area contributed by atoms with Gasteiger partial charge in [-0.3, -0.25) is 9.89 Å². The van der Waals surface area contributed by atoms with Crippen LogP contribution in [0, 0.1) is 13.8 Å². The van der Waals surface area contributed by atoms with Crippen LogP contribution in [0.15, 0.2) is 35.5 Å². The molecule has 2 aromatic rings. The number of benzene rings is 1. The van der Waals surface area contributed by atoms with Crippen LogP contribution < -0.4 is 10.6 Å². The second-order valence-electron chi connectivity index (χ2n) is 7.07. The molecule has 0 spiro atoms. The molecule has 1 aromatic heterocycles. The average molecular weight is 529 g/mol. The molecule has 1 unspecified atom stereocenters. The molecule has 1 aliphatic rings. The molecule has 1 atom stereocenters. The van der Waals surface area contributed by atoms with Crippen molar-refractivity contribution in [3.63, 3.8) is 0 Å². The summed E-state index contributed by atoms with van der Waals surface area (Å²) in [5.41, 5.74) is 2.63. The van der Waals surface area contributed by atoms with Gasteiger partial charge in [0.2, 0.25) is 0 Å². The molecule has 2 heterocycles. The molecular weight excluding hydrogens is 497 g/mol. The molecule has 0 bridgehead atoms. The summed E-state index contributed by atoms with van der Waals surface area (Å²) in [5.74, 6) is 0.833. The van der Waals surface area contributed by atoms with Crippen LogP contribution >= 0.6 is 35.3 Å². The standard InChI is InChI=1S/C21H31N5OS.HI/c1-16-5-4-6-18(13-16)19(26-9-11-27-12-10-26)15-25-21(22-3)23-8-7-20-24-14-17(2)28-20;/h4-6,13-14,19H,7-12,15H2,1-3H3,(H2,22,23,25);1H. The van der Waals surface area contributed by atoms with Crippen LogP contribution in [0.1, 0.15) is 27.1 Å². The summed E-state index contributed by atoms with van der Waals surface area (Å²) in [7, 11) is 1.82. The van der Waals surface area contributed by atoms with Crippen molar-refractivity contribution >= 4 is 41.3 Å². The number of morpholine rings is 1. The highest BCUT2D eigenvalue weighted by Gasteiger charge is 2.23. The van der Waals surface area contributed by atoms with E-state index in [0.717, 1.165) is 56.8 Å². The zero-order valence-electron chi connectivity index (χ0n) is 17.5. The molecule has 1 fully saturated rings. The number of hydrogen-bond acceptors (Lipinski definition) is 5. The van der Waals surface area contributed by atoms with Crippen molar-refractivity contribution in [3.05, 3.63) is 51.5 Å². The van der Waals surface area contributed by atoms with Crippen molar-refractivity contribution in [1.82, 2.24) is 20.5 Å². The van der Waals surface area contributed by atoms with E-state index in [1.807, 2.05) is 13.2 Å². The van der Waals surface area contributed by atoms with Gasteiger partial charge in [-0.1, -0.05) is 29.8 Å². The Balaban J connectivity index is 0.00000300. The van der Waals surface area contributed by atoms with Gasteiger partial charge in [-0.05, 0) is 19.4 Å². The second-order valence-corrected chi connectivity index (χ2v) is 8.39. The van der Waals surface area contributed by atoms with Gasteiger partial charge in [0.1, 0.15) is 0 Å². The van der Waals surface area contributed by atoms with Gasteiger partial charge >= 0.3 is 0 Å². The Morgan fingerprint density at radius 2 is 2.07 bits per heavy atom. The number of rotatable bonds is 7. The third kappa shape index (κ3) is 7.51. The molecular formula is C21H32IN5OS. The Labute approximate surface area is 195 Å². The van der Waals surface area contributed by atoms with E-state index >= 15 is 0 Å². The maximum Gasteiger partial charge on any atom is 0.191 e. The summed E-state index contributed by atoms with van der Waals surface area (Å²) in [4.78, 5) is 12.6. The summed E-state index contributed by atoms with van der Waals surface area (Å²) in [5, 5.41) is 8.08. The molecule has 160 valence electrons. The van der Waals surface area contributed by atoms with E-state index in [4.69, 9.17) is 4.74 Å². The molecule has 1 aromatic carbocycles. The number of guanidine groups is 1. The number of halogens is 1. The van der Waals surface area contributed by atoms with Gasteiger partial charge in [0.05, 0.1) is 24.3 Å². The van der Waals surface area contributed by atoms with E-state index in [-0.39, 0.29) is 24.0 Å². The molecule has 29 heavy (non-hydrogen) atoms. The van der Waals surface area contributed by atoms with Crippen molar-refractivity contribution in [3.8, 4) is 0 Å². The zero-order valence-corrected chi connectivity index (χ0v) is 20.6. The lowest BCUT2D eigenvalue weighted by Gasteiger charge is -2.35. The lowest BCUT2D eigenvalue weighted by molar-refractivity contribution is 0.0170. The fourth-order valence-electron chi connectivity index (χ4n) is 3.44. The molecule has 0 aliphatic carbocycles. The molecule has 1 saturated heterocycles. The van der Waals surface area contributed by atoms with Crippen LogP contribution in [0.4, 0.5) is 0 Å². The third-order valence-electron chi connectivity index (χ3n) is 4.90. The Morgan fingerprint density at radius 3 is 2.72 bits per heavy atom. The van der Waals surface area contributed by atoms with Crippen molar-refractivity contribution in [2.75, 3.05) is 46.4 Å². The Bertz CT molecular complexity index is 776. The maximum atomic E-state index is 5.55. The number of hydrogen-bond donors (Lipinski definition) is 2. The molecule has 6 nitrogen and oxygen atoms in total. The van der Waals surface area contributed by atoms with Crippen LogP contribution in [0.2, 0.25) is 0 Å². The summed E-state index contributed by atoms with van der Waals surface area (Å²) < 4.78 is 5.55. The lowest BCUT2D eigenvalue weighted by atomic mass is 10.0. The smallest absolute Gasteiger partial charge is 0.191 e. The van der Waals surface area contributed by atoms with E-state index in [1.54, 1.807) is 11.3 Å². The first kappa shape index (κ1) is 24.0. The van der Waals surface area contributed by atoms with Gasteiger partial charge in [-0.25, -0.2) is 4.98 Å². The van der Waals surface area contributed by atoms with Crippen LogP contribution in [0.25, 0.3) is 0 Å². The van der Waals surface area contributed by atoms with Gasteiger partial charge in [-0.15, -0.1) is 35.3 Å². The zero-order chi connectivity index (χ0) is 19.8. The molecule has 3 rings (SSSR count). The molecule has 2 N–H and O–H groups in total. The summed E-state index contributed by atoms with van der Waals surface area (Å²) >= 11 is 1.75. The number of aryl methyl sites for hydroxylation is 2. The number of nitrogens with one attached hydrogen (secondary N) is 2. The number of ether oxygens (including phenoxy) is 1. The minimum Gasteiger partial charge on any atom is -0.379 e. The Hall–Kier alpha value is -1.23. The monoisotopic (exact) mass is 529 g/mol. The SMILES string of the molecule is CN=C(NCCc1ncc(C)s1)NCC(c1cccc(C)c1)N1CCOCC1.I. The largest absolute Gasteiger partial charge is 0.379 e. The highest BCUT2D eigenvalue weighted by atomic mass is 127. The highest BCUT2D eigenvalue weighted by Crippen LogP contribution is 2.22. The van der Waals surface area contributed by atoms with Gasteiger partial charge in [0.15, 0.2) is 5.96 Å². The summed E-state index contributed by atoms with van der Waals surface area (Å²) in [6.45, 7) is 9.36. The van der Waals surface area contributed by atoms with E-state index < -0.39 is 0 Å². The molecule has 0 saturated carbocycles. The number of aromatic nitrogens is 1. The number of thiazole rings is 1. The van der Waals surface area contributed by atoms with E-state index in [9.17, 15) is 0 Å². The lowest BCUT2D eigenvalue weighted by Crippen LogP contribution is -2.46. The van der Waals surface area contributed by atoms with Gasteiger partial charge in [0.25, 0.3) is 0 Å². The van der Waals surface area contributed by atoms with Gasteiger partial charge < -0.3 is 15.4 Å². The summed E-state index contributed by atoms with van der Waals surface area (Å²) in [6, 6.07) is 9.08. The van der Waals surface area contributed by atoms with Crippen LogP contribution in [0.5, 0.6) is 0 Å². The van der Waals surface area contributed by atoms with Crippen molar-refractivity contribution in [2.24, 2.45) is 4.99 Å². The van der Waals surface area contributed by atoms with E-state index in [0.29, 0.717) is 6.04 Å². The Kier molecular flexibility index (Phi) is 10.3. The first-order valence-corrected chi connectivity index (χ1v) is 10.7. The molecule has 0 radical (unpaired) electrons. The predicted octanol–water partition coefficient (Wildman–Crippen LogP) is 3.16. The minimum absolute atomic E-state index is 0. The quantitative estimate of drug-likeness (QED) is 0.328. The summed E-state index contributed by atoms with van der Waals surface area (Å²) in [6.07, 6.45) is 2.84. The molecule has 8 heteroatoms. The molecule has 1 aliphatic heterocycles. The van der Waals surface area contributed by atoms with Crippen molar-refractivity contribution in [1.29, 1.82) is 0 Å². The van der Waals surface area contributed by atoms with Crippen LogP contribution in [-0.2, 0) is 11.2 Å². The van der Waals surface area contributed by atoms with E-state index in [1.165, 1.54) is 16.0 Å². The first-order valence-electron chi connectivity index (χ1n) is 9.90. The third-order valence-corrected chi connectivity index (χ3v) is 5.87. The minimum atomic E-state index is 0. The highest BCUT2D eigenvalue weighted by molar-refractivity contribution is 14.0.